The van der Waals surface area contributed by atoms with E-state index in [1.165, 1.54) is 30.3 Å². The van der Waals surface area contributed by atoms with Gasteiger partial charge in [0.05, 0.1) is 11.4 Å². The van der Waals surface area contributed by atoms with E-state index in [4.69, 9.17) is 10.8 Å². The van der Waals surface area contributed by atoms with E-state index in [1.54, 1.807) is 0 Å². The Morgan fingerprint density at radius 3 is 2.79 bits per heavy atom. The summed E-state index contributed by atoms with van der Waals surface area (Å²) in [5.74, 6) is -1.44. The van der Waals surface area contributed by atoms with E-state index < -0.39 is 11.8 Å². The van der Waals surface area contributed by atoms with Crippen LogP contribution in [0.3, 0.4) is 0 Å². The number of carboxylic acid groups (broad SMARTS) is 1. The summed E-state index contributed by atoms with van der Waals surface area (Å²) in [5, 5.41) is 11.7. The number of aromatic carboxylic acids is 1. The third kappa shape index (κ3) is 3.00. The number of hydrogen-bond acceptors (Lipinski definition) is 4. The molecule has 0 spiro atoms. The van der Waals surface area contributed by atoms with Crippen molar-refractivity contribution in [1.82, 2.24) is 4.98 Å². The number of carboxylic acids is 1. The molecule has 4 N–H and O–H groups in total. The number of nitrogens with two attached hydrogens (primary N) is 1. The van der Waals surface area contributed by atoms with Gasteiger partial charge in [-0.2, -0.15) is 0 Å². The summed E-state index contributed by atoms with van der Waals surface area (Å²) >= 11 is 3.25. The Balaban J connectivity index is 2.40. The Bertz CT molecular complexity index is 649. The third-order valence-electron chi connectivity index (χ3n) is 2.33. The highest BCUT2D eigenvalue weighted by Gasteiger charge is 2.10. The van der Waals surface area contributed by atoms with Crippen molar-refractivity contribution < 1.29 is 14.3 Å². The number of pyridine rings is 1. The molecule has 0 aliphatic carbocycles. The van der Waals surface area contributed by atoms with Crippen LogP contribution in [0, 0.1) is 5.82 Å². The molecule has 7 heteroatoms. The minimum atomic E-state index is -1.17. The van der Waals surface area contributed by atoms with Crippen LogP contribution in [0.1, 0.15) is 10.5 Å². The molecule has 1 heterocycles. The number of rotatable bonds is 3. The monoisotopic (exact) mass is 325 g/mol. The Morgan fingerprint density at radius 2 is 2.11 bits per heavy atom. The summed E-state index contributed by atoms with van der Waals surface area (Å²) in [5.41, 5.74) is 6.22. The number of anilines is 3. The van der Waals surface area contributed by atoms with Crippen LogP contribution in [0.15, 0.2) is 34.8 Å². The summed E-state index contributed by atoms with van der Waals surface area (Å²) in [6, 6.07) is 6.78. The number of nitrogens with one attached hydrogen (secondary N) is 1. The summed E-state index contributed by atoms with van der Waals surface area (Å²) in [6.45, 7) is 0. The Hall–Kier alpha value is -2.15. The lowest BCUT2D eigenvalue weighted by atomic mass is 10.3. The Labute approximate surface area is 116 Å². The highest BCUT2D eigenvalue weighted by molar-refractivity contribution is 9.10. The molecule has 0 bridgehead atoms. The van der Waals surface area contributed by atoms with Crippen LogP contribution >= 0.6 is 15.9 Å². The first-order valence-electron chi connectivity index (χ1n) is 5.19. The lowest BCUT2D eigenvalue weighted by molar-refractivity contribution is 0.0690. The molecule has 0 saturated carbocycles. The van der Waals surface area contributed by atoms with E-state index in [9.17, 15) is 9.18 Å². The van der Waals surface area contributed by atoms with Gasteiger partial charge in [-0.15, -0.1) is 0 Å². The quantitative estimate of drug-likeness (QED) is 0.807. The molecule has 5 nitrogen and oxygen atoms in total. The van der Waals surface area contributed by atoms with Crippen LogP contribution in [-0.4, -0.2) is 16.1 Å². The van der Waals surface area contributed by atoms with Crippen molar-refractivity contribution >= 4 is 39.1 Å². The predicted molar refractivity (Wildman–Crippen MR) is 73.0 cm³/mol. The second-order valence-electron chi connectivity index (χ2n) is 3.69. The van der Waals surface area contributed by atoms with Crippen molar-refractivity contribution in [3.63, 3.8) is 0 Å². The summed E-state index contributed by atoms with van der Waals surface area (Å²) in [4.78, 5) is 14.7. The van der Waals surface area contributed by atoms with E-state index in [0.717, 1.165) is 0 Å². The van der Waals surface area contributed by atoms with Crippen molar-refractivity contribution in [2.75, 3.05) is 11.1 Å². The van der Waals surface area contributed by atoms with Gasteiger partial charge in [0.2, 0.25) is 0 Å². The van der Waals surface area contributed by atoms with E-state index in [-0.39, 0.29) is 17.2 Å². The summed E-state index contributed by atoms with van der Waals surface area (Å²) in [7, 11) is 0. The first-order valence-corrected chi connectivity index (χ1v) is 5.98. The molecular formula is C12H9BrFN3O2. The molecular weight excluding hydrogens is 317 g/mol. The zero-order chi connectivity index (χ0) is 14.0. The maximum Gasteiger partial charge on any atom is 0.354 e. The van der Waals surface area contributed by atoms with Gasteiger partial charge >= 0.3 is 5.97 Å². The number of carbonyl (C=O) groups is 1. The molecule has 2 aromatic rings. The average Bonchev–Trinajstić information content (AvgIpc) is 2.36. The highest BCUT2D eigenvalue weighted by atomic mass is 79.9. The molecule has 0 atom stereocenters. The van der Waals surface area contributed by atoms with Crippen LogP contribution < -0.4 is 11.1 Å². The van der Waals surface area contributed by atoms with Crippen LogP contribution in [0.5, 0.6) is 0 Å². The fraction of sp³-hybridized carbons (Fsp3) is 0. The van der Waals surface area contributed by atoms with E-state index >= 15 is 0 Å². The highest BCUT2D eigenvalue weighted by Crippen LogP contribution is 2.28. The Kier molecular flexibility index (Phi) is 3.66. The van der Waals surface area contributed by atoms with Crippen LogP contribution in [0.25, 0.3) is 0 Å². The lowest BCUT2D eigenvalue weighted by Crippen LogP contribution is -2.06. The van der Waals surface area contributed by atoms with Crippen LogP contribution in [-0.2, 0) is 0 Å². The van der Waals surface area contributed by atoms with Gasteiger partial charge in [-0.3, -0.25) is 0 Å². The standard InChI is InChI=1S/C12H9BrFN3O2/c13-7-2-1-6(14)5-10(7)17-11-8(15)3-4-9(16-11)12(18)19/h1-5H,15H2,(H,16,17)(H,18,19). The van der Waals surface area contributed by atoms with Gasteiger partial charge in [0.15, 0.2) is 11.5 Å². The second-order valence-corrected chi connectivity index (χ2v) is 4.54. The lowest BCUT2D eigenvalue weighted by Gasteiger charge is -2.10. The number of benzene rings is 1. The molecule has 19 heavy (non-hydrogen) atoms. The van der Waals surface area contributed by atoms with Crippen LogP contribution in [0.4, 0.5) is 21.6 Å². The van der Waals surface area contributed by atoms with Gasteiger partial charge in [0.25, 0.3) is 0 Å². The fourth-order valence-electron chi connectivity index (χ4n) is 1.41. The van der Waals surface area contributed by atoms with Gasteiger partial charge in [0, 0.05) is 4.47 Å². The summed E-state index contributed by atoms with van der Waals surface area (Å²) in [6.07, 6.45) is 0. The number of nitrogens with zero attached hydrogens (tertiary/aromatic N) is 1. The molecule has 0 unspecified atom stereocenters. The van der Waals surface area contributed by atoms with E-state index in [0.29, 0.717) is 10.2 Å². The molecule has 0 aliphatic heterocycles. The fourth-order valence-corrected chi connectivity index (χ4v) is 1.76. The second kappa shape index (κ2) is 5.23. The van der Waals surface area contributed by atoms with Crippen molar-refractivity contribution in [2.45, 2.75) is 0 Å². The van der Waals surface area contributed by atoms with Crippen molar-refractivity contribution in [1.29, 1.82) is 0 Å². The van der Waals surface area contributed by atoms with Crippen molar-refractivity contribution in [3.8, 4) is 0 Å². The molecule has 0 radical (unpaired) electrons. The smallest absolute Gasteiger partial charge is 0.354 e. The Morgan fingerprint density at radius 1 is 1.37 bits per heavy atom. The van der Waals surface area contributed by atoms with Crippen molar-refractivity contribution in [2.24, 2.45) is 0 Å². The average molecular weight is 326 g/mol. The normalized spacial score (nSPS) is 10.2. The predicted octanol–water partition coefficient (Wildman–Crippen LogP) is 3.01. The molecule has 0 aliphatic rings. The maximum atomic E-state index is 13.2. The maximum absolute atomic E-state index is 13.2. The van der Waals surface area contributed by atoms with E-state index in [2.05, 4.69) is 26.2 Å². The minimum absolute atomic E-state index is 0.149. The van der Waals surface area contributed by atoms with Gasteiger partial charge < -0.3 is 16.2 Å². The molecule has 1 aromatic carbocycles. The zero-order valence-corrected chi connectivity index (χ0v) is 11.1. The molecule has 2 rings (SSSR count). The van der Waals surface area contributed by atoms with Crippen molar-refractivity contribution in [3.05, 3.63) is 46.3 Å². The van der Waals surface area contributed by atoms with E-state index in [1.807, 2.05) is 0 Å². The number of hydrogen-bond donors (Lipinski definition) is 3. The number of aromatic nitrogens is 1. The number of nitrogen functional groups attached to an aromatic ring is 1. The number of halogens is 2. The zero-order valence-electron chi connectivity index (χ0n) is 9.52. The van der Waals surface area contributed by atoms with Gasteiger partial charge in [0.1, 0.15) is 5.82 Å². The first-order chi connectivity index (χ1) is 8.97. The largest absolute Gasteiger partial charge is 0.477 e. The molecule has 0 amide bonds. The van der Waals surface area contributed by atoms with Gasteiger partial charge in [-0.25, -0.2) is 14.2 Å². The SMILES string of the molecule is Nc1ccc(C(=O)O)nc1Nc1cc(F)ccc1Br. The molecule has 98 valence electrons. The summed E-state index contributed by atoms with van der Waals surface area (Å²) < 4.78 is 13.8. The molecule has 0 saturated heterocycles. The minimum Gasteiger partial charge on any atom is -0.477 e. The third-order valence-corrected chi connectivity index (χ3v) is 3.02. The molecule has 1 aromatic heterocycles. The molecule has 0 fully saturated rings. The van der Waals surface area contributed by atoms with Gasteiger partial charge in [-0.1, -0.05) is 0 Å². The first kappa shape index (κ1) is 13.3. The van der Waals surface area contributed by atoms with Crippen LogP contribution in [0.2, 0.25) is 0 Å². The topological polar surface area (TPSA) is 88.2 Å². The van der Waals surface area contributed by atoms with Gasteiger partial charge in [-0.05, 0) is 46.3 Å².